The summed E-state index contributed by atoms with van der Waals surface area (Å²) in [5.74, 6) is 3.18. The molecule has 0 unspecified atom stereocenters. The van der Waals surface area contributed by atoms with Crippen LogP contribution in [-0.2, 0) is 0 Å². The lowest BCUT2D eigenvalue weighted by Gasteiger charge is -2.26. The fourth-order valence-corrected chi connectivity index (χ4v) is 4.77. The molecule has 0 amide bonds. The zero-order chi connectivity index (χ0) is 33.5. The maximum Gasteiger partial charge on any atom is 0.200 e. The molecule has 44 heavy (non-hydrogen) atoms. The van der Waals surface area contributed by atoms with Gasteiger partial charge in [0.15, 0.2) is 0 Å². The summed E-state index contributed by atoms with van der Waals surface area (Å²) < 4.78 is 0. The Kier molecular flexibility index (Phi) is 12.4. The first kappa shape index (κ1) is 35.7. The molecule has 242 valence electrons. The van der Waals surface area contributed by atoms with E-state index in [4.69, 9.17) is 20.0 Å². The number of nitrogens with zero attached hydrogens (tertiary/aromatic N) is 12. The van der Waals surface area contributed by atoms with Crippen LogP contribution >= 0.6 is 0 Å². The molecule has 0 aliphatic carbocycles. The SMILES string of the molecule is CN(C)C(=Nc1cccc(N=C(N(C)C)N(C)C)c1-c1c(N=C(N(C)C)N(C)C)cccc1N=C(N(C)C)N(C)C)N(C)C. The Labute approximate surface area is 265 Å². The minimum Gasteiger partial charge on any atom is -0.349 e. The monoisotopic (exact) mass is 606 g/mol. The molecule has 0 saturated carbocycles. The highest BCUT2D eigenvalue weighted by molar-refractivity contribution is 6.02. The number of benzene rings is 2. The van der Waals surface area contributed by atoms with E-state index >= 15 is 0 Å². The van der Waals surface area contributed by atoms with Gasteiger partial charge in [0, 0.05) is 124 Å². The first-order valence-electron chi connectivity index (χ1n) is 14.5. The van der Waals surface area contributed by atoms with Gasteiger partial charge in [0.25, 0.3) is 0 Å². The van der Waals surface area contributed by atoms with E-state index in [0.717, 1.165) is 57.7 Å². The minimum absolute atomic E-state index is 0.757. The van der Waals surface area contributed by atoms with Gasteiger partial charge in [-0.1, -0.05) is 12.1 Å². The van der Waals surface area contributed by atoms with Crippen LogP contribution in [0.15, 0.2) is 56.4 Å². The Balaban J connectivity index is 3.34. The molecule has 0 aliphatic rings. The summed E-state index contributed by atoms with van der Waals surface area (Å²) in [6.45, 7) is 0. The van der Waals surface area contributed by atoms with Crippen molar-refractivity contribution in [3.63, 3.8) is 0 Å². The molecule has 2 rings (SSSR count). The van der Waals surface area contributed by atoms with Crippen molar-refractivity contribution in [2.75, 3.05) is 113 Å². The average Bonchev–Trinajstić information content (AvgIpc) is 2.90. The molecule has 0 fully saturated rings. The molecule has 0 saturated heterocycles. The van der Waals surface area contributed by atoms with Gasteiger partial charge in [-0.25, -0.2) is 20.0 Å². The Morgan fingerprint density at radius 2 is 0.477 bits per heavy atom. The van der Waals surface area contributed by atoms with Crippen LogP contribution in [-0.4, -0.2) is 176 Å². The molecule has 2 aromatic rings. The van der Waals surface area contributed by atoms with Gasteiger partial charge in [-0.2, -0.15) is 0 Å². The molecule has 0 heterocycles. The van der Waals surface area contributed by atoms with Crippen molar-refractivity contribution >= 4 is 46.6 Å². The standard InChI is InChI=1S/C32H54N12/c1-37(2)29(38(3)4)33-23-19-17-20-24(34-30(39(5)6)40(7)8)27(23)28-25(35-31(41(9)10)42(11)12)21-18-22-26(28)36-32(43(13)14)44(15)16/h17-22H,1-16H3. The maximum atomic E-state index is 5.21. The number of aliphatic imine (C=N–C) groups is 4. The highest BCUT2D eigenvalue weighted by Crippen LogP contribution is 2.48. The van der Waals surface area contributed by atoms with E-state index in [0.29, 0.717) is 0 Å². The quantitative estimate of drug-likeness (QED) is 0.376. The maximum absolute atomic E-state index is 5.21. The van der Waals surface area contributed by atoms with Crippen LogP contribution in [0.3, 0.4) is 0 Å². The van der Waals surface area contributed by atoms with Crippen molar-refractivity contribution in [1.82, 2.24) is 39.2 Å². The smallest absolute Gasteiger partial charge is 0.200 e. The fourth-order valence-electron chi connectivity index (χ4n) is 4.77. The third-order valence-electron chi connectivity index (χ3n) is 6.37. The Bertz CT molecular complexity index is 1140. The lowest BCUT2D eigenvalue weighted by atomic mass is 9.97. The Hall–Kier alpha value is -4.48. The second-order valence-electron chi connectivity index (χ2n) is 12.1. The van der Waals surface area contributed by atoms with Crippen molar-refractivity contribution in [1.29, 1.82) is 0 Å². The predicted octanol–water partition coefficient (Wildman–Crippen LogP) is 3.80. The molecule has 0 N–H and O–H groups in total. The van der Waals surface area contributed by atoms with Gasteiger partial charge < -0.3 is 39.2 Å². The molecule has 0 radical (unpaired) electrons. The summed E-state index contributed by atoms with van der Waals surface area (Å²) in [4.78, 5) is 36.8. The third kappa shape index (κ3) is 8.77. The van der Waals surface area contributed by atoms with Gasteiger partial charge in [0.1, 0.15) is 0 Å². The summed E-state index contributed by atoms with van der Waals surface area (Å²) in [6, 6.07) is 12.1. The van der Waals surface area contributed by atoms with Gasteiger partial charge in [0.05, 0.1) is 22.7 Å². The van der Waals surface area contributed by atoms with Crippen LogP contribution in [0.4, 0.5) is 22.7 Å². The Morgan fingerprint density at radius 3 is 0.614 bits per heavy atom. The molecule has 0 aliphatic heterocycles. The zero-order valence-corrected chi connectivity index (χ0v) is 29.8. The first-order valence-corrected chi connectivity index (χ1v) is 14.5. The molecule has 12 nitrogen and oxygen atoms in total. The zero-order valence-electron chi connectivity index (χ0n) is 29.8. The average molecular weight is 607 g/mol. The highest BCUT2D eigenvalue weighted by atomic mass is 15.4. The fraction of sp³-hybridized carbons (Fsp3) is 0.500. The van der Waals surface area contributed by atoms with Crippen LogP contribution in [0.1, 0.15) is 0 Å². The van der Waals surface area contributed by atoms with Gasteiger partial charge in [-0.15, -0.1) is 0 Å². The highest BCUT2D eigenvalue weighted by Gasteiger charge is 2.22. The molecule has 2 aromatic carbocycles. The van der Waals surface area contributed by atoms with E-state index < -0.39 is 0 Å². The van der Waals surface area contributed by atoms with Gasteiger partial charge >= 0.3 is 0 Å². The molecule has 0 bridgehead atoms. The van der Waals surface area contributed by atoms with Crippen LogP contribution in [0.25, 0.3) is 11.1 Å². The molecule has 12 heteroatoms. The first-order chi connectivity index (χ1) is 20.5. The number of hydrogen-bond donors (Lipinski definition) is 0. The van der Waals surface area contributed by atoms with E-state index in [-0.39, 0.29) is 0 Å². The van der Waals surface area contributed by atoms with Crippen molar-refractivity contribution < 1.29 is 0 Å². The summed E-state index contributed by atoms with van der Waals surface area (Å²) in [7, 11) is 31.9. The van der Waals surface area contributed by atoms with E-state index in [9.17, 15) is 0 Å². The van der Waals surface area contributed by atoms with E-state index in [2.05, 4.69) is 0 Å². The van der Waals surface area contributed by atoms with Gasteiger partial charge in [-0.05, 0) is 24.3 Å². The van der Waals surface area contributed by atoms with Gasteiger partial charge in [-0.3, -0.25) is 0 Å². The molecule has 0 spiro atoms. The molecular weight excluding hydrogens is 552 g/mol. The Morgan fingerprint density at radius 1 is 0.318 bits per heavy atom. The van der Waals surface area contributed by atoms with Crippen molar-refractivity contribution in [2.45, 2.75) is 0 Å². The second kappa shape index (κ2) is 15.3. The summed E-state index contributed by atoms with van der Waals surface area (Å²) in [5.41, 5.74) is 4.70. The predicted molar refractivity (Wildman–Crippen MR) is 190 cm³/mol. The molecule has 0 atom stereocenters. The second-order valence-corrected chi connectivity index (χ2v) is 12.1. The lowest BCUT2D eigenvalue weighted by molar-refractivity contribution is 0.484. The normalized spacial score (nSPS) is 10.3. The number of rotatable bonds is 5. The van der Waals surface area contributed by atoms with E-state index in [1.165, 1.54) is 0 Å². The molecular formula is C32H54N12. The van der Waals surface area contributed by atoms with E-state index in [1.807, 2.05) is 188 Å². The molecule has 0 aromatic heterocycles. The number of guanidine groups is 4. The lowest BCUT2D eigenvalue weighted by Crippen LogP contribution is -2.35. The minimum atomic E-state index is 0.757. The summed E-state index contributed by atoms with van der Waals surface area (Å²) >= 11 is 0. The van der Waals surface area contributed by atoms with Crippen molar-refractivity contribution in [3.05, 3.63) is 36.4 Å². The van der Waals surface area contributed by atoms with Crippen LogP contribution in [0.5, 0.6) is 0 Å². The van der Waals surface area contributed by atoms with Crippen LogP contribution in [0.2, 0.25) is 0 Å². The van der Waals surface area contributed by atoms with Gasteiger partial charge in [0.2, 0.25) is 23.8 Å². The van der Waals surface area contributed by atoms with Crippen molar-refractivity contribution in [2.24, 2.45) is 20.0 Å². The van der Waals surface area contributed by atoms with Crippen molar-refractivity contribution in [3.8, 4) is 11.1 Å². The topological polar surface area (TPSA) is 75.4 Å². The number of hydrogen-bond acceptors (Lipinski definition) is 4. The summed E-state index contributed by atoms with van der Waals surface area (Å²) in [5, 5.41) is 0. The largest absolute Gasteiger partial charge is 0.349 e. The van der Waals surface area contributed by atoms with Crippen LogP contribution in [0, 0.1) is 0 Å². The van der Waals surface area contributed by atoms with Crippen LogP contribution < -0.4 is 0 Å². The third-order valence-corrected chi connectivity index (χ3v) is 6.37. The summed E-state index contributed by atoms with van der Waals surface area (Å²) in [6.07, 6.45) is 0. The van der Waals surface area contributed by atoms with E-state index in [1.54, 1.807) is 0 Å².